The Morgan fingerprint density at radius 3 is 2.17 bits per heavy atom. The fraction of sp³-hybridized carbons (Fsp3) is 0.400. The number of aliphatic imine (C=N–C) groups is 1. The lowest BCUT2D eigenvalue weighted by Gasteiger charge is -2.09. The van der Waals surface area contributed by atoms with Crippen LogP contribution in [0.1, 0.15) is 13.8 Å². The van der Waals surface area contributed by atoms with Gasteiger partial charge in [-0.15, -0.1) is 0 Å². The maximum atomic E-state index is 12.3. The van der Waals surface area contributed by atoms with Gasteiger partial charge in [-0.25, -0.2) is 4.99 Å². The lowest BCUT2D eigenvalue weighted by atomic mass is 10.1. The first-order valence-corrected chi connectivity index (χ1v) is 4.89. The first kappa shape index (κ1) is 16.0. The molecule has 0 heterocycles. The van der Waals surface area contributed by atoms with E-state index < -0.39 is 23.4 Å². The van der Waals surface area contributed by atoms with Crippen LogP contribution in [0.2, 0.25) is 0 Å². The summed E-state index contributed by atoms with van der Waals surface area (Å²) in [5.74, 6) is -0.684. The number of nitrogens with two attached hydrogens (primary N) is 2. The van der Waals surface area contributed by atoms with E-state index in [2.05, 4.69) is 16.7 Å². The molecule has 5 nitrogen and oxygen atoms in total. The molecule has 0 atom stereocenters. The van der Waals surface area contributed by atoms with Crippen molar-refractivity contribution in [1.29, 1.82) is 0 Å². The average molecular weight is 264 g/mol. The predicted octanol–water partition coefficient (Wildman–Crippen LogP) is 1.75. The van der Waals surface area contributed by atoms with Crippen molar-refractivity contribution in [1.82, 2.24) is 0 Å². The third-order valence-corrected chi connectivity index (χ3v) is 1.92. The summed E-state index contributed by atoms with van der Waals surface area (Å²) in [5.41, 5.74) is 8.53. The smallest absolute Gasteiger partial charge is 0.409 e. The van der Waals surface area contributed by atoms with Gasteiger partial charge in [0, 0.05) is 5.70 Å². The molecule has 102 valence electrons. The Hall–Kier alpha value is -1.99. The number of oxime groups is 1. The van der Waals surface area contributed by atoms with E-state index in [1.165, 1.54) is 0 Å². The number of amidine groups is 1. The van der Waals surface area contributed by atoms with Gasteiger partial charge in [0.05, 0.1) is 0 Å². The van der Waals surface area contributed by atoms with Crippen molar-refractivity contribution >= 4 is 11.5 Å². The Morgan fingerprint density at radius 1 is 1.33 bits per heavy atom. The SMILES string of the molecule is C=C(/N=C(\C=C(/N)C(F)(F)F)C(/N)=N/O)C(C)C. The first-order chi connectivity index (χ1) is 8.09. The van der Waals surface area contributed by atoms with Gasteiger partial charge in [-0.3, -0.25) is 0 Å². The molecule has 5 N–H and O–H groups in total. The van der Waals surface area contributed by atoms with Crippen LogP contribution in [0.25, 0.3) is 0 Å². The van der Waals surface area contributed by atoms with E-state index in [0.29, 0.717) is 6.08 Å². The van der Waals surface area contributed by atoms with Crippen LogP contribution in [0, 0.1) is 5.92 Å². The molecule has 0 aromatic rings. The Morgan fingerprint density at radius 2 is 1.83 bits per heavy atom. The molecule has 0 aromatic heterocycles. The molecule has 0 aliphatic carbocycles. The van der Waals surface area contributed by atoms with Gasteiger partial charge in [-0.05, 0) is 12.0 Å². The lowest BCUT2D eigenvalue weighted by Crippen LogP contribution is -2.27. The summed E-state index contributed by atoms with van der Waals surface area (Å²) in [6.07, 6.45) is -4.22. The van der Waals surface area contributed by atoms with Crippen LogP contribution in [0.3, 0.4) is 0 Å². The molecule has 18 heavy (non-hydrogen) atoms. The molecule has 0 radical (unpaired) electrons. The van der Waals surface area contributed by atoms with E-state index >= 15 is 0 Å². The number of nitrogens with zero attached hydrogens (tertiary/aromatic N) is 2. The van der Waals surface area contributed by atoms with Crippen LogP contribution in [0.15, 0.2) is 34.2 Å². The molecule has 8 heteroatoms. The number of alkyl halides is 3. The summed E-state index contributed by atoms with van der Waals surface area (Å²) in [5, 5.41) is 11.1. The molecule has 0 aromatic carbocycles. The maximum absolute atomic E-state index is 12.3. The highest BCUT2D eigenvalue weighted by Gasteiger charge is 2.32. The summed E-state index contributed by atoms with van der Waals surface area (Å²) in [4.78, 5) is 3.75. The third kappa shape index (κ3) is 4.89. The van der Waals surface area contributed by atoms with Gasteiger partial charge in [-0.1, -0.05) is 25.6 Å². The Kier molecular flexibility index (Phi) is 5.41. The van der Waals surface area contributed by atoms with Gasteiger partial charge < -0.3 is 16.7 Å². The minimum atomic E-state index is -4.71. The molecular formula is C10H15F3N4O. The summed E-state index contributed by atoms with van der Waals surface area (Å²) in [6.45, 7) is 7.03. The van der Waals surface area contributed by atoms with Crippen LogP contribution in [0.5, 0.6) is 0 Å². The van der Waals surface area contributed by atoms with Crippen molar-refractivity contribution < 1.29 is 18.4 Å². The predicted molar refractivity (Wildman–Crippen MR) is 63.1 cm³/mol. The molecule has 0 rings (SSSR count). The normalized spacial score (nSPS) is 15.1. The van der Waals surface area contributed by atoms with Crippen LogP contribution in [-0.4, -0.2) is 22.9 Å². The van der Waals surface area contributed by atoms with Gasteiger partial charge in [0.25, 0.3) is 0 Å². The minimum Gasteiger partial charge on any atom is -0.409 e. The van der Waals surface area contributed by atoms with Crippen molar-refractivity contribution in [2.75, 3.05) is 0 Å². The van der Waals surface area contributed by atoms with Crippen LogP contribution < -0.4 is 11.5 Å². The number of rotatable bonds is 4. The average Bonchev–Trinajstić information content (AvgIpc) is 2.25. The molecule has 0 saturated heterocycles. The maximum Gasteiger partial charge on any atom is 0.430 e. The van der Waals surface area contributed by atoms with Gasteiger partial charge in [0.2, 0.25) is 0 Å². The zero-order valence-electron chi connectivity index (χ0n) is 9.99. The van der Waals surface area contributed by atoms with E-state index in [4.69, 9.17) is 16.7 Å². The van der Waals surface area contributed by atoms with Gasteiger partial charge in [-0.2, -0.15) is 13.2 Å². The van der Waals surface area contributed by atoms with Crippen molar-refractivity contribution in [3.8, 4) is 0 Å². The largest absolute Gasteiger partial charge is 0.430 e. The van der Waals surface area contributed by atoms with Crippen LogP contribution in [0.4, 0.5) is 13.2 Å². The molecule has 0 saturated carbocycles. The van der Waals surface area contributed by atoms with Gasteiger partial charge >= 0.3 is 6.18 Å². The van der Waals surface area contributed by atoms with Crippen molar-refractivity contribution in [3.63, 3.8) is 0 Å². The monoisotopic (exact) mass is 264 g/mol. The molecule has 0 aliphatic heterocycles. The molecule has 0 amide bonds. The van der Waals surface area contributed by atoms with E-state index in [-0.39, 0.29) is 11.6 Å². The number of halogens is 3. The molecular weight excluding hydrogens is 249 g/mol. The van der Waals surface area contributed by atoms with Gasteiger partial charge in [0.15, 0.2) is 5.84 Å². The summed E-state index contributed by atoms with van der Waals surface area (Å²) in [7, 11) is 0. The van der Waals surface area contributed by atoms with E-state index in [0.717, 1.165) is 0 Å². The fourth-order valence-corrected chi connectivity index (χ4v) is 0.728. The van der Waals surface area contributed by atoms with E-state index in [9.17, 15) is 13.2 Å². The summed E-state index contributed by atoms with van der Waals surface area (Å²) < 4.78 is 36.8. The quantitative estimate of drug-likeness (QED) is 0.312. The standard InChI is InChI=1S/C10H15F3N4O/c1-5(2)6(3)16-7(9(15)17-18)4-8(14)10(11,12)13/h4-5,18H,3,14H2,1-2H3,(H2,15,17)/b8-4-,16-7+. The molecule has 0 fully saturated rings. The second kappa shape index (κ2) is 6.08. The van der Waals surface area contributed by atoms with Crippen LogP contribution in [-0.2, 0) is 0 Å². The number of allylic oxidation sites excluding steroid dienone is 2. The van der Waals surface area contributed by atoms with Crippen molar-refractivity contribution in [2.24, 2.45) is 27.5 Å². The Labute approximate surface area is 102 Å². The van der Waals surface area contributed by atoms with Crippen molar-refractivity contribution in [3.05, 3.63) is 24.0 Å². The lowest BCUT2D eigenvalue weighted by molar-refractivity contribution is -0.0925. The highest BCUT2D eigenvalue weighted by atomic mass is 19.4. The first-order valence-electron chi connectivity index (χ1n) is 4.89. The highest BCUT2D eigenvalue weighted by Crippen LogP contribution is 2.21. The van der Waals surface area contributed by atoms with Crippen molar-refractivity contribution in [2.45, 2.75) is 20.0 Å². The summed E-state index contributed by atoms with van der Waals surface area (Å²) >= 11 is 0. The molecule has 0 aliphatic rings. The second-order valence-corrected chi connectivity index (χ2v) is 3.73. The van der Waals surface area contributed by atoms with Crippen LogP contribution >= 0.6 is 0 Å². The zero-order valence-corrected chi connectivity index (χ0v) is 9.99. The Balaban J connectivity index is 5.49. The summed E-state index contributed by atoms with van der Waals surface area (Å²) in [6, 6.07) is 0. The van der Waals surface area contributed by atoms with E-state index in [1.807, 2.05) is 0 Å². The minimum absolute atomic E-state index is 0.105. The van der Waals surface area contributed by atoms with E-state index in [1.54, 1.807) is 13.8 Å². The highest BCUT2D eigenvalue weighted by molar-refractivity contribution is 6.45. The zero-order chi connectivity index (χ0) is 14.5. The fourth-order valence-electron chi connectivity index (χ4n) is 0.728. The molecule has 0 bridgehead atoms. The topological polar surface area (TPSA) is 97.0 Å². The molecule has 0 spiro atoms. The third-order valence-electron chi connectivity index (χ3n) is 1.92. The Bertz CT molecular complexity index is 408. The number of hydrogen-bond acceptors (Lipinski definition) is 4. The number of hydrogen-bond donors (Lipinski definition) is 3. The second-order valence-electron chi connectivity index (χ2n) is 3.73. The molecule has 0 unspecified atom stereocenters. The van der Waals surface area contributed by atoms with Gasteiger partial charge in [0.1, 0.15) is 11.4 Å².